The predicted octanol–water partition coefficient (Wildman–Crippen LogP) is 4.49. The van der Waals surface area contributed by atoms with Crippen molar-refractivity contribution in [2.24, 2.45) is 5.10 Å². The minimum Gasteiger partial charge on any atom is -0.489 e. The first-order valence-electron chi connectivity index (χ1n) is 8.50. The SMILES string of the molecule is C=CCOc1ccc(/C=N/NC(=O)c2cc3ccccc3o2)cc1CC=C. The van der Waals surface area contributed by atoms with E-state index in [9.17, 15) is 4.79 Å². The number of nitrogens with one attached hydrogen (secondary N) is 1. The molecule has 1 aromatic heterocycles. The number of hydrazone groups is 1. The Labute approximate surface area is 157 Å². The van der Waals surface area contributed by atoms with E-state index in [1.165, 1.54) is 0 Å². The van der Waals surface area contributed by atoms with Crippen molar-refractivity contribution in [3.05, 3.63) is 90.7 Å². The maximum absolute atomic E-state index is 12.2. The molecule has 136 valence electrons. The summed E-state index contributed by atoms with van der Waals surface area (Å²) in [4.78, 5) is 12.2. The van der Waals surface area contributed by atoms with Gasteiger partial charge >= 0.3 is 5.91 Å². The number of nitrogens with zero attached hydrogens (tertiary/aromatic N) is 1. The molecule has 2 aromatic carbocycles. The van der Waals surface area contributed by atoms with Gasteiger partial charge in [0.25, 0.3) is 0 Å². The molecule has 5 nitrogen and oxygen atoms in total. The van der Waals surface area contributed by atoms with Gasteiger partial charge in [0.1, 0.15) is 17.9 Å². The van der Waals surface area contributed by atoms with Gasteiger partial charge in [0, 0.05) is 5.39 Å². The second-order valence-electron chi connectivity index (χ2n) is 5.81. The van der Waals surface area contributed by atoms with Crippen LogP contribution in [0.15, 0.2) is 83.4 Å². The van der Waals surface area contributed by atoms with Gasteiger partial charge in [0.15, 0.2) is 5.76 Å². The second-order valence-corrected chi connectivity index (χ2v) is 5.81. The molecule has 0 saturated heterocycles. The standard InChI is InChI=1S/C22H20N2O3/c1-3-7-17-13-16(10-11-19(17)26-12-4-2)15-23-24-22(25)21-14-18-8-5-6-9-20(18)27-21/h3-6,8-11,13-15H,1-2,7,12H2,(H,24,25)/b23-15+. The van der Waals surface area contributed by atoms with E-state index in [2.05, 4.69) is 23.7 Å². The highest BCUT2D eigenvalue weighted by Gasteiger charge is 2.11. The Morgan fingerprint density at radius 2 is 2.00 bits per heavy atom. The number of carbonyl (C=O) groups excluding carboxylic acids is 1. The van der Waals surface area contributed by atoms with Crippen LogP contribution in [0.4, 0.5) is 0 Å². The molecule has 1 amide bonds. The van der Waals surface area contributed by atoms with E-state index in [1.54, 1.807) is 24.4 Å². The lowest BCUT2D eigenvalue weighted by molar-refractivity contribution is 0.0929. The van der Waals surface area contributed by atoms with Crippen LogP contribution in [0.1, 0.15) is 21.7 Å². The van der Waals surface area contributed by atoms with Crippen LogP contribution >= 0.6 is 0 Å². The topological polar surface area (TPSA) is 63.8 Å². The first-order valence-corrected chi connectivity index (χ1v) is 8.50. The molecule has 0 radical (unpaired) electrons. The van der Waals surface area contributed by atoms with Crippen molar-refractivity contribution in [3.8, 4) is 5.75 Å². The van der Waals surface area contributed by atoms with E-state index in [0.29, 0.717) is 18.6 Å². The maximum atomic E-state index is 12.2. The highest BCUT2D eigenvalue weighted by Crippen LogP contribution is 2.21. The summed E-state index contributed by atoms with van der Waals surface area (Å²) in [7, 11) is 0. The summed E-state index contributed by atoms with van der Waals surface area (Å²) < 4.78 is 11.1. The van der Waals surface area contributed by atoms with Crippen molar-refractivity contribution < 1.29 is 13.9 Å². The molecule has 0 spiro atoms. The summed E-state index contributed by atoms with van der Waals surface area (Å²) in [6, 6.07) is 14.8. The van der Waals surface area contributed by atoms with Crippen molar-refractivity contribution in [1.29, 1.82) is 0 Å². The number of benzene rings is 2. The molecule has 0 aliphatic rings. The summed E-state index contributed by atoms with van der Waals surface area (Å²) in [6.45, 7) is 7.85. The van der Waals surface area contributed by atoms with Crippen molar-refractivity contribution in [3.63, 3.8) is 0 Å². The second kappa shape index (κ2) is 8.67. The molecule has 1 N–H and O–H groups in total. The molecule has 0 unspecified atom stereocenters. The zero-order chi connectivity index (χ0) is 19.1. The van der Waals surface area contributed by atoms with Crippen LogP contribution in [0.3, 0.4) is 0 Å². The lowest BCUT2D eigenvalue weighted by Gasteiger charge is -2.09. The van der Waals surface area contributed by atoms with E-state index in [-0.39, 0.29) is 5.76 Å². The van der Waals surface area contributed by atoms with E-state index < -0.39 is 5.91 Å². The number of hydrogen-bond donors (Lipinski definition) is 1. The quantitative estimate of drug-likeness (QED) is 0.366. The molecule has 3 rings (SSSR count). The lowest BCUT2D eigenvalue weighted by atomic mass is 10.1. The van der Waals surface area contributed by atoms with Crippen LogP contribution in [0.2, 0.25) is 0 Å². The van der Waals surface area contributed by atoms with Crippen molar-refractivity contribution >= 4 is 23.1 Å². The third-order valence-electron chi connectivity index (χ3n) is 3.83. The summed E-state index contributed by atoms with van der Waals surface area (Å²) in [6.07, 6.45) is 5.74. The van der Waals surface area contributed by atoms with Gasteiger partial charge in [0.05, 0.1) is 6.21 Å². The fraction of sp³-hybridized carbons (Fsp3) is 0.0909. The molecule has 1 heterocycles. The van der Waals surface area contributed by atoms with Crippen LogP contribution in [-0.4, -0.2) is 18.7 Å². The average Bonchev–Trinajstić information content (AvgIpc) is 3.12. The van der Waals surface area contributed by atoms with Gasteiger partial charge in [-0.25, -0.2) is 5.43 Å². The third-order valence-corrected chi connectivity index (χ3v) is 3.83. The number of carbonyl (C=O) groups is 1. The Balaban J connectivity index is 1.69. The molecular formula is C22H20N2O3. The Morgan fingerprint density at radius 1 is 1.15 bits per heavy atom. The summed E-state index contributed by atoms with van der Waals surface area (Å²) in [5.41, 5.74) is 4.97. The molecule has 0 saturated carbocycles. The molecule has 0 atom stereocenters. The first kappa shape index (κ1) is 18.2. The molecule has 0 aliphatic carbocycles. The number of amides is 1. The fourth-order valence-corrected chi connectivity index (χ4v) is 2.60. The molecule has 5 heteroatoms. The molecule has 0 bridgehead atoms. The van der Waals surface area contributed by atoms with Gasteiger partial charge < -0.3 is 9.15 Å². The number of furan rings is 1. The predicted molar refractivity (Wildman–Crippen MR) is 107 cm³/mol. The zero-order valence-corrected chi connectivity index (χ0v) is 14.9. The van der Waals surface area contributed by atoms with Gasteiger partial charge in [-0.1, -0.05) is 36.9 Å². The maximum Gasteiger partial charge on any atom is 0.307 e. The summed E-state index contributed by atoms with van der Waals surface area (Å²) in [5, 5.41) is 4.88. The number of rotatable bonds is 8. The third kappa shape index (κ3) is 4.52. The van der Waals surface area contributed by atoms with Gasteiger partial charge in [0.2, 0.25) is 0 Å². The largest absolute Gasteiger partial charge is 0.489 e. The highest BCUT2D eigenvalue weighted by molar-refractivity contribution is 5.96. The van der Waals surface area contributed by atoms with Crippen LogP contribution in [0, 0.1) is 0 Å². The Kier molecular flexibility index (Phi) is 5.84. The van der Waals surface area contributed by atoms with Crippen LogP contribution in [0.25, 0.3) is 11.0 Å². The first-order chi connectivity index (χ1) is 13.2. The number of hydrogen-bond acceptors (Lipinski definition) is 4. The van der Waals surface area contributed by atoms with E-state index in [4.69, 9.17) is 9.15 Å². The van der Waals surface area contributed by atoms with Gasteiger partial charge in [-0.15, -0.1) is 6.58 Å². The highest BCUT2D eigenvalue weighted by atomic mass is 16.5. The molecule has 27 heavy (non-hydrogen) atoms. The van der Waals surface area contributed by atoms with E-state index >= 15 is 0 Å². The monoisotopic (exact) mass is 360 g/mol. The number of para-hydroxylation sites is 1. The van der Waals surface area contributed by atoms with Crippen molar-refractivity contribution in [2.45, 2.75) is 6.42 Å². The van der Waals surface area contributed by atoms with Gasteiger partial charge in [-0.05, 0) is 47.9 Å². The summed E-state index contributed by atoms with van der Waals surface area (Å²) in [5.74, 6) is 0.590. The molecular weight excluding hydrogens is 340 g/mol. The van der Waals surface area contributed by atoms with Crippen molar-refractivity contribution in [1.82, 2.24) is 5.43 Å². The van der Waals surface area contributed by atoms with Gasteiger partial charge in [-0.3, -0.25) is 4.79 Å². The number of ether oxygens (including phenoxy) is 1. The van der Waals surface area contributed by atoms with Crippen LogP contribution < -0.4 is 10.2 Å². The molecule has 0 fully saturated rings. The fourth-order valence-electron chi connectivity index (χ4n) is 2.60. The zero-order valence-electron chi connectivity index (χ0n) is 14.9. The minimum atomic E-state index is -0.403. The Morgan fingerprint density at radius 3 is 2.78 bits per heavy atom. The van der Waals surface area contributed by atoms with Crippen molar-refractivity contribution in [2.75, 3.05) is 6.61 Å². The van der Waals surface area contributed by atoms with Crippen LogP contribution in [-0.2, 0) is 6.42 Å². The van der Waals surface area contributed by atoms with E-state index in [1.807, 2.05) is 42.5 Å². The number of allylic oxidation sites excluding steroid dienone is 1. The normalized spacial score (nSPS) is 10.8. The summed E-state index contributed by atoms with van der Waals surface area (Å²) >= 11 is 0. The van der Waals surface area contributed by atoms with Crippen LogP contribution in [0.5, 0.6) is 5.75 Å². The minimum absolute atomic E-state index is 0.217. The lowest BCUT2D eigenvalue weighted by Crippen LogP contribution is -2.16. The average molecular weight is 360 g/mol. The number of fused-ring (bicyclic) bond motifs is 1. The molecule has 3 aromatic rings. The molecule has 0 aliphatic heterocycles. The smallest absolute Gasteiger partial charge is 0.307 e. The van der Waals surface area contributed by atoms with E-state index in [0.717, 1.165) is 22.3 Å². The Bertz CT molecular complexity index is 969. The Hall–Kier alpha value is -3.60. The van der Waals surface area contributed by atoms with Gasteiger partial charge in [-0.2, -0.15) is 5.10 Å².